The van der Waals surface area contributed by atoms with Gasteiger partial charge in [0.05, 0.1) is 12.1 Å². The van der Waals surface area contributed by atoms with E-state index in [1.807, 2.05) is 35.9 Å². The van der Waals surface area contributed by atoms with E-state index in [0.29, 0.717) is 17.9 Å². The van der Waals surface area contributed by atoms with Gasteiger partial charge in [0.15, 0.2) is 11.6 Å². The molecule has 3 aromatic heterocycles. The van der Waals surface area contributed by atoms with Crippen molar-refractivity contribution < 1.29 is 19.1 Å². The number of carbonyl (C=O) groups is 2. The molecule has 0 spiro atoms. The molecular formula is C19H23N3O4S. The van der Waals surface area contributed by atoms with Gasteiger partial charge in [0.1, 0.15) is 0 Å². The van der Waals surface area contributed by atoms with E-state index in [9.17, 15) is 9.59 Å². The summed E-state index contributed by atoms with van der Waals surface area (Å²) in [5.41, 5.74) is 3.13. The first-order chi connectivity index (χ1) is 13.0. The van der Waals surface area contributed by atoms with Crippen LogP contribution < -0.4 is 0 Å². The van der Waals surface area contributed by atoms with Gasteiger partial charge in [-0.3, -0.25) is 14.0 Å². The summed E-state index contributed by atoms with van der Waals surface area (Å²) in [5, 5.41) is 1.93. The highest BCUT2D eigenvalue weighted by molar-refractivity contribution is 7.15. The lowest BCUT2D eigenvalue weighted by Crippen LogP contribution is -2.16. The van der Waals surface area contributed by atoms with Crippen LogP contribution in [0.2, 0.25) is 0 Å². The standard InChI is InChI=1S/C19H23N3O4S/c1-13-9-16(14(2)22(13)5-4-7-25-3)17(23)12-26-18(24)10-15-11-21-6-8-27-19(21)20-15/h6,8-9,11H,4-5,7,10,12H2,1-3H3. The topological polar surface area (TPSA) is 74.8 Å². The molecule has 0 amide bonds. The van der Waals surface area contributed by atoms with Gasteiger partial charge in [0, 0.05) is 55.0 Å². The number of aryl methyl sites for hydroxylation is 1. The van der Waals surface area contributed by atoms with Crippen molar-refractivity contribution in [1.29, 1.82) is 0 Å². The molecule has 0 fully saturated rings. The molecule has 0 radical (unpaired) electrons. The van der Waals surface area contributed by atoms with Crippen molar-refractivity contribution in [2.75, 3.05) is 20.3 Å². The summed E-state index contributed by atoms with van der Waals surface area (Å²) < 4.78 is 14.2. The number of nitrogens with zero attached hydrogens (tertiary/aromatic N) is 3. The van der Waals surface area contributed by atoms with Gasteiger partial charge in [-0.25, -0.2) is 4.98 Å². The second kappa shape index (κ2) is 8.49. The average molecular weight is 389 g/mol. The number of fused-ring (bicyclic) bond motifs is 1. The zero-order chi connectivity index (χ0) is 19.4. The third-order valence-corrected chi connectivity index (χ3v) is 5.21. The highest BCUT2D eigenvalue weighted by Gasteiger charge is 2.18. The monoisotopic (exact) mass is 389 g/mol. The minimum absolute atomic E-state index is 0.0533. The summed E-state index contributed by atoms with van der Waals surface area (Å²) in [6.45, 7) is 5.07. The molecule has 0 aliphatic rings. The molecule has 27 heavy (non-hydrogen) atoms. The van der Waals surface area contributed by atoms with Gasteiger partial charge < -0.3 is 14.0 Å². The second-order valence-corrected chi connectivity index (χ2v) is 7.24. The number of ether oxygens (including phenoxy) is 2. The van der Waals surface area contributed by atoms with Crippen molar-refractivity contribution in [1.82, 2.24) is 14.0 Å². The van der Waals surface area contributed by atoms with E-state index in [0.717, 1.165) is 29.3 Å². The summed E-state index contributed by atoms with van der Waals surface area (Å²) in [5.74, 6) is -0.650. The van der Waals surface area contributed by atoms with Crippen molar-refractivity contribution in [3.63, 3.8) is 0 Å². The second-order valence-electron chi connectivity index (χ2n) is 6.37. The van der Waals surface area contributed by atoms with Crippen molar-refractivity contribution in [2.45, 2.75) is 33.2 Å². The molecule has 0 aliphatic heterocycles. The maximum absolute atomic E-state index is 12.5. The van der Waals surface area contributed by atoms with Crippen LogP contribution in [0.25, 0.3) is 4.96 Å². The number of carbonyl (C=O) groups excluding carboxylic acids is 2. The molecule has 3 aromatic rings. The molecule has 0 aliphatic carbocycles. The number of rotatable bonds is 9. The lowest BCUT2D eigenvalue weighted by Gasteiger charge is -2.09. The Morgan fingerprint density at radius 1 is 1.30 bits per heavy atom. The highest BCUT2D eigenvalue weighted by Crippen LogP contribution is 2.17. The molecule has 3 heterocycles. The predicted octanol–water partition coefficient (Wildman–Crippen LogP) is 2.82. The first kappa shape index (κ1) is 19.3. The van der Waals surface area contributed by atoms with Crippen LogP contribution >= 0.6 is 11.3 Å². The molecule has 144 valence electrons. The van der Waals surface area contributed by atoms with Crippen LogP contribution in [0.15, 0.2) is 23.8 Å². The quantitative estimate of drug-likeness (QED) is 0.320. The van der Waals surface area contributed by atoms with Crippen LogP contribution in [-0.2, 0) is 27.2 Å². The normalized spacial score (nSPS) is 11.2. The third-order valence-electron chi connectivity index (χ3n) is 4.44. The molecule has 0 saturated carbocycles. The Balaban J connectivity index is 1.56. The number of esters is 1. The molecular weight excluding hydrogens is 366 g/mol. The predicted molar refractivity (Wildman–Crippen MR) is 102 cm³/mol. The third kappa shape index (κ3) is 4.45. The SMILES string of the molecule is COCCCn1c(C)cc(C(=O)COC(=O)Cc2cn3ccsc3n2)c1C. The van der Waals surface area contributed by atoms with Crippen LogP contribution in [-0.4, -0.2) is 46.0 Å². The molecule has 7 nitrogen and oxygen atoms in total. The van der Waals surface area contributed by atoms with Crippen molar-refractivity contribution >= 4 is 28.1 Å². The molecule has 3 rings (SSSR count). The van der Waals surface area contributed by atoms with E-state index in [2.05, 4.69) is 9.55 Å². The fourth-order valence-corrected chi connectivity index (χ4v) is 3.80. The fraction of sp³-hybridized carbons (Fsp3) is 0.421. The maximum atomic E-state index is 12.5. The molecule has 0 aromatic carbocycles. The van der Waals surface area contributed by atoms with Crippen LogP contribution in [0, 0.1) is 13.8 Å². The van der Waals surface area contributed by atoms with Crippen LogP contribution in [0.3, 0.4) is 0 Å². The van der Waals surface area contributed by atoms with Crippen molar-refractivity contribution in [3.8, 4) is 0 Å². The average Bonchev–Trinajstić information content (AvgIpc) is 3.29. The number of ketones is 1. The number of methoxy groups -OCH3 is 1. The molecule has 8 heteroatoms. The number of hydrogen-bond acceptors (Lipinski definition) is 6. The minimum Gasteiger partial charge on any atom is -0.457 e. The number of Topliss-reactive ketones (excluding diaryl/α,β-unsaturated/α-hetero) is 1. The maximum Gasteiger partial charge on any atom is 0.312 e. The first-order valence-electron chi connectivity index (χ1n) is 8.75. The zero-order valence-electron chi connectivity index (χ0n) is 15.7. The van der Waals surface area contributed by atoms with Gasteiger partial charge in [0.25, 0.3) is 0 Å². The fourth-order valence-electron chi connectivity index (χ4n) is 3.08. The number of imidazole rings is 1. The van der Waals surface area contributed by atoms with Gasteiger partial charge in [-0.05, 0) is 26.3 Å². The van der Waals surface area contributed by atoms with Crippen LogP contribution in [0.4, 0.5) is 0 Å². The van der Waals surface area contributed by atoms with Gasteiger partial charge >= 0.3 is 5.97 Å². The van der Waals surface area contributed by atoms with E-state index in [-0.39, 0.29) is 18.8 Å². The Morgan fingerprint density at radius 2 is 2.11 bits per heavy atom. The number of hydrogen-bond donors (Lipinski definition) is 0. The summed E-state index contributed by atoms with van der Waals surface area (Å²) >= 11 is 1.50. The highest BCUT2D eigenvalue weighted by atomic mass is 32.1. The van der Waals surface area contributed by atoms with Crippen molar-refractivity contribution in [3.05, 3.63) is 46.5 Å². The number of thiazole rings is 1. The van der Waals surface area contributed by atoms with Gasteiger partial charge in [-0.1, -0.05) is 0 Å². The van der Waals surface area contributed by atoms with E-state index in [1.54, 1.807) is 13.3 Å². The van der Waals surface area contributed by atoms with E-state index in [1.165, 1.54) is 11.3 Å². The van der Waals surface area contributed by atoms with Crippen LogP contribution in [0.1, 0.15) is 33.9 Å². The summed E-state index contributed by atoms with van der Waals surface area (Å²) in [6.07, 6.45) is 4.60. The smallest absolute Gasteiger partial charge is 0.312 e. The lowest BCUT2D eigenvalue weighted by atomic mass is 10.1. The van der Waals surface area contributed by atoms with Gasteiger partial charge in [-0.15, -0.1) is 11.3 Å². The van der Waals surface area contributed by atoms with Crippen molar-refractivity contribution in [2.24, 2.45) is 0 Å². The molecule has 0 bridgehead atoms. The Hall–Kier alpha value is -2.45. The Morgan fingerprint density at radius 3 is 2.85 bits per heavy atom. The summed E-state index contributed by atoms with van der Waals surface area (Å²) in [6, 6.07) is 1.85. The van der Waals surface area contributed by atoms with E-state index in [4.69, 9.17) is 9.47 Å². The molecule has 0 N–H and O–H groups in total. The Labute approximate surface area is 161 Å². The van der Waals surface area contributed by atoms with Gasteiger partial charge in [0.2, 0.25) is 5.78 Å². The Kier molecular flexibility index (Phi) is 6.08. The zero-order valence-corrected chi connectivity index (χ0v) is 16.5. The first-order valence-corrected chi connectivity index (χ1v) is 9.63. The van der Waals surface area contributed by atoms with Crippen LogP contribution in [0.5, 0.6) is 0 Å². The van der Waals surface area contributed by atoms with E-state index >= 15 is 0 Å². The molecule has 0 saturated heterocycles. The summed E-state index contributed by atoms with van der Waals surface area (Å²) in [7, 11) is 1.67. The largest absolute Gasteiger partial charge is 0.457 e. The minimum atomic E-state index is -0.456. The van der Waals surface area contributed by atoms with Gasteiger partial charge in [-0.2, -0.15) is 0 Å². The molecule has 0 unspecified atom stereocenters. The molecule has 0 atom stereocenters. The number of aromatic nitrogens is 3. The lowest BCUT2D eigenvalue weighted by molar-refractivity contribution is -0.141. The summed E-state index contributed by atoms with van der Waals surface area (Å²) in [4.78, 5) is 29.7. The Bertz CT molecular complexity index is 925. The van der Waals surface area contributed by atoms with E-state index < -0.39 is 5.97 Å².